The SMILES string of the molecule is COc1cc(OC)c2c(c1)N(C)C(CC(=O)O)CC2. The summed E-state index contributed by atoms with van der Waals surface area (Å²) in [6, 6.07) is 3.82. The molecule has 0 amide bonds. The molecule has 0 aromatic heterocycles. The summed E-state index contributed by atoms with van der Waals surface area (Å²) in [5.41, 5.74) is 2.11. The quantitative estimate of drug-likeness (QED) is 0.901. The van der Waals surface area contributed by atoms with E-state index in [1.54, 1.807) is 14.2 Å². The van der Waals surface area contributed by atoms with E-state index in [2.05, 4.69) is 0 Å². The second-order valence-electron chi connectivity index (χ2n) is 4.73. The minimum absolute atomic E-state index is 0.0156. The highest BCUT2D eigenvalue weighted by Gasteiger charge is 2.28. The van der Waals surface area contributed by atoms with Gasteiger partial charge < -0.3 is 19.5 Å². The maximum absolute atomic E-state index is 10.9. The van der Waals surface area contributed by atoms with Crippen LogP contribution in [0.25, 0.3) is 0 Å². The summed E-state index contributed by atoms with van der Waals surface area (Å²) in [5.74, 6) is 0.753. The van der Waals surface area contributed by atoms with Crippen molar-refractivity contribution in [2.24, 2.45) is 0 Å². The lowest BCUT2D eigenvalue weighted by atomic mass is 9.93. The van der Waals surface area contributed by atoms with E-state index >= 15 is 0 Å². The van der Waals surface area contributed by atoms with Gasteiger partial charge in [-0.3, -0.25) is 4.79 Å². The Morgan fingerprint density at radius 1 is 1.42 bits per heavy atom. The summed E-state index contributed by atoms with van der Waals surface area (Å²) < 4.78 is 10.7. The molecule has 1 heterocycles. The molecule has 1 N–H and O–H groups in total. The summed E-state index contributed by atoms with van der Waals surface area (Å²) >= 11 is 0. The van der Waals surface area contributed by atoms with E-state index in [9.17, 15) is 4.79 Å². The van der Waals surface area contributed by atoms with Crippen molar-refractivity contribution in [1.82, 2.24) is 0 Å². The molecule has 0 saturated carbocycles. The van der Waals surface area contributed by atoms with Crippen LogP contribution in [-0.2, 0) is 11.2 Å². The van der Waals surface area contributed by atoms with Crippen molar-refractivity contribution in [2.75, 3.05) is 26.2 Å². The van der Waals surface area contributed by atoms with Crippen molar-refractivity contribution in [3.8, 4) is 11.5 Å². The number of hydrogen-bond donors (Lipinski definition) is 1. The predicted molar refractivity (Wildman–Crippen MR) is 72.3 cm³/mol. The molecule has 1 aromatic rings. The van der Waals surface area contributed by atoms with Crippen molar-refractivity contribution in [3.63, 3.8) is 0 Å². The van der Waals surface area contributed by atoms with Crippen LogP contribution in [-0.4, -0.2) is 38.4 Å². The Hall–Kier alpha value is -1.91. The lowest BCUT2D eigenvalue weighted by Gasteiger charge is -2.36. The zero-order chi connectivity index (χ0) is 14.0. The van der Waals surface area contributed by atoms with Crippen LogP contribution in [0, 0.1) is 0 Å². The summed E-state index contributed by atoms with van der Waals surface area (Å²) in [5, 5.41) is 8.96. The van der Waals surface area contributed by atoms with Gasteiger partial charge in [-0.15, -0.1) is 0 Å². The highest BCUT2D eigenvalue weighted by molar-refractivity contribution is 5.70. The van der Waals surface area contributed by atoms with E-state index in [1.165, 1.54) is 0 Å². The average molecular weight is 265 g/mol. The highest BCUT2D eigenvalue weighted by Crippen LogP contribution is 2.39. The fourth-order valence-corrected chi connectivity index (χ4v) is 2.61. The van der Waals surface area contributed by atoms with Gasteiger partial charge in [0.1, 0.15) is 11.5 Å². The molecule has 1 atom stereocenters. The van der Waals surface area contributed by atoms with Crippen molar-refractivity contribution in [3.05, 3.63) is 17.7 Å². The zero-order valence-corrected chi connectivity index (χ0v) is 11.5. The first-order chi connectivity index (χ1) is 9.06. The van der Waals surface area contributed by atoms with Gasteiger partial charge in [-0.1, -0.05) is 0 Å². The molecule has 0 aliphatic carbocycles. The Balaban J connectivity index is 2.38. The first kappa shape index (κ1) is 13.5. The number of aliphatic carboxylic acids is 1. The van der Waals surface area contributed by atoms with Crippen LogP contribution in [0.1, 0.15) is 18.4 Å². The topological polar surface area (TPSA) is 59.0 Å². The van der Waals surface area contributed by atoms with Crippen molar-refractivity contribution < 1.29 is 19.4 Å². The number of benzene rings is 1. The number of fused-ring (bicyclic) bond motifs is 1. The minimum Gasteiger partial charge on any atom is -0.497 e. The summed E-state index contributed by atoms with van der Waals surface area (Å²) in [4.78, 5) is 12.9. The Morgan fingerprint density at radius 3 is 2.74 bits per heavy atom. The third-order valence-electron chi connectivity index (χ3n) is 3.68. The van der Waals surface area contributed by atoms with Crippen LogP contribution >= 0.6 is 0 Å². The molecule has 0 saturated heterocycles. The number of carboxylic acids is 1. The number of carbonyl (C=O) groups is 1. The van der Waals surface area contributed by atoms with Crippen LogP contribution in [0.4, 0.5) is 5.69 Å². The van der Waals surface area contributed by atoms with Crippen LogP contribution in [0.15, 0.2) is 12.1 Å². The lowest BCUT2D eigenvalue weighted by molar-refractivity contribution is -0.137. The normalized spacial score (nSPS) is 17.8. The third-order valence-corrected chi connectivity index (χ3v) is 3.68. The second kappa shape index (κ2) is 5.38. The molecule has 1 unspecified atom stereocenters. The van der Waals surface area contributed by atoms with E-state index in [-0.39, 0.29) is 12.5 Å². The van der Waals surface area contributed by atoms with Crippen LogP contribution in [0.2, 0.25) is 0 Å². The number of ether oxygens (including phenoxy) is 2. The van der Waals surface area contributed by atoms with Gasteiger partial charge in [0.05, 0.1) is 20.6 Å². The van der Waals surface area contributed by atoms with Crippen LogP contribution < -0.4 is 14.4 Å². The Kier molecular flexibility index (Phi) is 3.83. The molecular weight excluding hydrogens is 246 g/mol. The van der Waals surface area contributed by atoms with Crippen molar-refractivity contribution >= 4 is 11.7 Å². The van der Waals surface area contributed by atoms with E-state index in [0.717, 1.165) is 35.6 Å². The number of rotatable bonds is 4. The third kappa shape index (κ3) is 2.59. The fraction of sp³-hybridized carbons (Fsp3) is 0.500. The maximum Gasteiger partial charge on any atom is 0.305 e. The first-order valence-electron chi connectivity index (χ1n) is 6.26. The number of methoxy groups -OCH3 is 2. The van der Waals surface area contributed by atoms with Crippen LogP contribution in [0.5, 0.6) is 11.5 Å². The van der Waals surface area contributed by atoms with E-state index < -0.39 is 5.97 Å². The molecule has 0 spiro atoms. The lowest BCUT2D eigenvalue weighted by Crippen LogP contribution is -2.37. The van der Waals surface area contributed by atoms with Gasteiger partial charge in [-0.05, 0) is 12.8 Å². The predicted octanol–water partition coefficient (Wildman–Crippen LogP) is 1.93. The first-order valence-corrected chi connectivity index (χ1v) is 6.26. The number of nitrogens with zero attached hydrogens (tertiary/aromatic N) is 1. The van der Waals surface area contributed by atoms with Crippen LogP contribution in [0.3, 0.4) is 0 Å². The standard InChI is InChI=1S/C14H19NO4/c1-15-9(6-14(16)17)4-5-11-12(15)7-10(18-2)8-13(11)19-3/h7-9H,4-6H2,1-3H3,(H,16,17). The average Bonchev–Trinajstić information content (AvgIpc) is 2.40. The van der Waals surface area contributed by atoms with Gasteiger partial charge in [0, 0.05) is 36.5 Å². The van der Waals surface area contributed by atoms with Gasteiger partial charge in [0.15, 0.2) is 0 Å². The molecule has 0 bridgehead atoms. The highest BCUT2D eigenvalue weighted by atomic mass is 16.5. The smallest absolute Gasteiger partial charge is 0.305 e. The van der Waals surface area contributed by atoms with Crippen molar-refractivity contribution in [1.29, 1.82) is 0 Å². The number of hydrogen-bond acceptors (Lipinski definition) is 4. The summed E-state index contributed by atoms with van der Waals surface area (Å²) in [7, 11) is 5.17. The van der Waals surface area contributed by atoms with Gasteiger partial charge in [0.2, 0.25) is 0 Å². The van der Waals surface area contributed by atoms with Gasteiger partial charge in [-0.25, -0.2) is 0 Å². The Bertz CT molecular complexity index is 487. The molecule has 5 heteroatoms. The largest absolute Gasteiger partial charge is 0.497 e. The molecule has 1 aliphatic rings. The molecule has 104 valence electrons. The molecule has 0 radical (unpaired) electrons. The van der Waals surface area contributed by atoms with Gasteiger partial charge in [-0.2, -0.15) is 0 Å². The van der Waals surface area contributed by atoms with Gasteiger partial charge in [0.25, 0.3) is 0 Å². The molecule has 5 nitrogen and oxygen atoms in total. The van der Waals surface area contributed by atoms with E-state index in [4.69, 9.17) is 14.6 Å². The van der Waals surface area contributed by atoms with E-state index in [0.29, 0.717) is 0 Å². The van der Waals surface area contributed by atoms with Crippen molar-refractivity contribution in [2.45, 2.75) is 25.3 Å². The van der Waals surface area contributed by atoms with E-state index in [1.807, 2.05) is 24.1 Å². The monoisotopic (exact) mass is 265 g/mol. The molecule has 1 aromatic carbocycles. The molecular formula is C14H19NO4. The maximum atomic E-state index is 10.9. The molecule has 0 fully saturated rings. The second-order valence-corrected chi connectivity index (χ2v) is 4.73. The van der Waals surface area contributed by atoms with Gasteiger partial charge >= 0.3 is 5.97 Å². The Morgan fingerprint density at radius 2 is 2.16 bits per heavy atom. The fourth-order valence-electron chi connectivity index (χ4n) is 2.61. The minimum atomic E-state index is -0.768. The Labute approximate surface area is 112 Å². The summed E-state index contributed by atoms with van der Waals surface area (Å²) in [6.45, 7) is 0. The number of anilines is 1. The summed E-state index contributed by atoms with van der Waals surface area (Å²) in [6.07, 6.45) is 1.79. The molecule has 19 heavy (non-hydrogen) atoms. The molecule has 1 aliphatic heterocycles. The zero-order valence-electron chi connectivity index (χ0n) is 11.5. The number of carboxylic acid groups (broad SMARTS) is 1. The molecule has 2 rings (SSSR count).